The first kappa shape index (κ1) is 15.1. The second-order valence-electron chi connectivity index (χ2n) is 5.50. The van der Waals surface area contributed by atoms with E-state index in [-0.39, 0.29) is 12.2 Å². The van der Waals surface area contributed by atoms with Crippen LogP contribution in [-0.4, -0.2) is 6.10 Å². The molecule has 0 amide bonds. The van der Waals surface area contributed by atoms with Crippen LogP contribution in [0.15, 0.2) is 29.8 Å². The van der Waals surface area contributed by atoms with Gasteiger partial charge in [0.1, 0.15) is 0 Å². The Labute approximate surface area is 117 Å². The van der Waals surface area contributed by atoms with E-state index < -0.39 is 11.7 Å². The summed E-state index contributed by atoms with van der Waals surface area (Å²) in [6, 6.07) is 4.10. The molecule has 0 heterocycles. The Morgan fingerprint density at radius 2 is 1.90 bits per heavy atom. The molecule has 0 fully saturated rings. The van der Waals surface area contributed by atoms with Crippen molar-refractivity contribution in [1.29, 1.82) is 0 Å². The monoisotopic (exact) mass is 284 g/mol. The maximum atomic E-state index is 12.8. The number of allylic oxidation sites excluding steroid dienone is 1. The van der Waals surface area contributed by atoms with Crippen LogP contribution >= 0.6 is 0 Å². The van der Waals surface area contributed by atoms with E-state index in [1.54, 1.807) is 19.9 Å². The van der Waals surface area contributed by atoms with Gasteiger partial charge in [-0.3, -0.25) is 0 Å². The molecular weight excluding hydrogens is 265 g/mol. The van der Waals surface area contributed by atoms with Crippen molar-refractivity contribution in [2.75, 3.05) is 0 Å². The van der Waals surface area contributed by atoms with Crippen molar-refractivity contribution in [3.63, 3.8) is 0 Å². The highest BCUT2D eigenvalue weighted by Gasteiger charge is 2.31. The molecule has 20 heavy (non-hydrogen) atoms. The van der Waals surface area contributed by atoms with Crippen LogP contribution in [0, 0.1) is 6.92 Å². The number of hydrogen-bond acceptors (Lipinski definition) is 1. The first-order valence-corrected chi connectivity index (χ1v) is 6.77. The lowest BCUT2D eigenvalue weighted by Crippen LogP contribution is -2.12. The molecule has 0 unspecified atom stereocenters. The van der Waals surface area contributed by atoms with Crippen molar-refractivity contribution in [3.8, 4) is 0 Å². The molecule has 4 heteroatoms. The molecule has 0 radical (unpaired) electrons. The summed E-state index contributed by atoms with van der Waals surface area (Å²) in [5.74, 6) is 0. The van der Waals surface area contributed by atoms with Gasteiger partial charge in [0.25, 0.3) is 0 Å². The molecule has 1 nitrogen and oxygen atoms in total. The summed E-state index contributed by atoms with van der Waals surface area (Å²) in [7, 11) is 0. The van der Waals surface area contributed by atoms with Gasteiger partial charge >= 0.3 is 6.18 Å². The van der Waals surface area contributed by atoms with Crippen molar-refractivity contribution in [3.05, 3.63) is 46.5 Å². The van der Waals surface area contributed by atoms with Gasteiger partial charge in [0.15, 0.2) is 0 Å². The zero-order valence-electron chi connectivity index (χ0n) is 11.9. The zero-order chi connectivity index (χ0) is 14.9. The Morgan fingerprint density at radius 1 is 1.20 bits per heavy atom. The molecule has 0 spiro atoms. The Kier molecular flexibility index (Phi) is 4.23. The number of benzene rings is 1. The van der Waals surface area contributed by atoms with Crippen LogP contribution in [0.2, 0.25) is 0 Å². The van der Waals surface area contributed by atoms with E-state index >= 15 is 0 Å². The molecule has 0 aliphatic heterocycles. The lowest BCUT2D eigenvalue weighted by atomic mass is 10.0. The molecule has 2 atom stereocenters. The van der Waals surface area contributed by atoms with E-state index in [1.807, 2.05) is 6.92 Å². The minimum atomic E-state index is -4.32. The quantitative estimate of drug-likeness (QED) is 0.693. The highest BCUT2D eigenvalue weighted by atomic mass is 19.4. The van der Waals surface area contributed by atoms with Crippen LogP contribution in [0.1, 0.15) is 49.5 Å². The van der Waals surface area contributed by atoms with Gasteiger partial charge in [-0.05, 0) is 51.3 Å². The van der Waals surface area contributed by atoms with Gasteiger partial charge in [-0.15, -0.1) is 0 Å². The van der Waals surface area contributed by atoms with E-state index in [0.717, 1.165) is 18.9 Å². The largest absolute Gasteiger partial charge is 0.416 e. The van der Waals surface area contributed by atoms with Crippen LogP contribution < -0.4 is 0 Å². The zero-order valence-corrected chi connectivity index (χ0v) is 11.9. The summed E-state index contributed by atoms with van der Waals surface area (Å²) >= 11 is 0. The van der Waals surface area contributed by atoms with Gasteiger partial charge in [0, 0.05) is 0 Å². The third kappa shape index (κ3) is 3.63. The van der Waals surface area contributed by atoms with Crippen LogP contribution in [0.25, 0.3) is 0 Å². The fraction of sp³-hybridized carbons (Fsp3) is 0.500. The normalized spacial score (nSPS) is 20.9. The summed E-state index contributed by atoms with van der Waals surface area (Å²) in [5, 5.41) is 0. The molecule has 110 valence electrons. The van der Waals surface area contributed by atoms with Gasteiger partial charge in [-0.1, -0.05) is 23.3 Å². The minimum absolute atomic E-state index is 0.0137. The van der Waals surface area contributed by atoms with E-state index in [0.29, 0.717) is 11.1 Å². The third-order valence-corrected chi connectivity index (χ3v) is 3.57. The fourth-order valence-corrected chi connectivity index (χ4v) is 2.51. The average Bonchev–Trinajstić information content (AvgIpc) is 2.72. The van der Waals surface area contributed by atoms with E-state index in [9.17, 15) is 13.2 Å². The van der Waals surface area contributed by atoms with Gasteiger partial charge in [-0.25, -0.2) is 0 Å². The topological polar surface area (TPSA) is 9.23 Å². The van der Waals surface area contributed by atoms with Crippen LogP contribution in [-0.2, 0) is 10.9 Å². The average molecular weight is 284 g/mol. The van der Waals surface area contributed by atoms with Crippen molar-refractivity contribution in [2.45, 2.75) is 52.0 Å². The highest BCUT2D eigenvalue weighted by Crippen LogP contribution is 2.33. The molecule has 1 aliphatic carbocycles. The highest BCUT2D eigenvalue weighted by molar-refractivity contribution is 5.32. The van der Waals surface area contributed by atoms with E-state index in [4.69, 9.17) is 4.74 Å². The second kappa shape index (κ2) is 5.60. The van der Waals surface area contributed by atoms with Crippen molar-refractivity contribution in [1.82, 2.24) is 0 Å². The lowest BCUT2D eigenvalue weighted by molar-refractivity contribution is -0.137. The van der Waals surface area contributed by atoms with E-state index in [2.05, 4.69) is 6.08 Å². The molecule has 1 aromatic carbocycles. The van der Waals surface area contributed by atoms with Crippen molar-refractivity contribution < 1.29 is 17.9 Å². The summed E-state index contributed by atoms with van der Waals surface area (Å²) in [5.41, 5.74) is 1.85. The number of hydrogen-bond donors (Lipinski definition) is 0. The number of halogens is 3. The first-order valence-electron chi connectivity index (χ1n) is 6.77. The number of alkyl halides is 3. The third-order valence-electron chi connectivity index (χ3n) is 3.57. The molecular formula is C16H19F3O. The maximum Gasteiger partial charge on any atom is 0.416 e. The van der Waals surface area contributed by atoms with E-state index in [1.165, 1.54) is 11.6 Å². The first-order chi connectivity index (χ1) is 9.25. The van der Waals surface area contributed by atoms with Gasteiger partial charge < -0.3 is 4.74 Å². The van der Waals surface area contributed by atoms with Crippen LogP contribution in [0.5, 0.6) is 0 Å². The van der Waals surface area contributed by atoms with Gasteiger partial charge in [0.2, 0.25) is 0 Å². The molecule has 0 N–H and O–H groups in total. The Morgan fingerprint density at radius 3 is 2.45 bits per heavy atom. The Bertz CT molecular complexity index is 517. The molecule has 0 saturated heterocycles. The second-order valence-corrected chi connectivity index (χ2v) is 5.50. The SMILES string of the molecule is CC1=C[C@@H](O[C@H](C)c2cc(C)cc(C(F)(F)F)c2)CC1. The van der Waals surface area contributed by atoms with Crippen LogP contribution in [0.3, 0.4) is 0 Å². The maximum absolute atomic E-state index is 12.8. The minimum Gasteiger partial charge on any atom is -0.367 e. The fourth-order valence-electron chi connectivity index (χ4n) is 2.51. The Balaban J connectivity index is 2.17. The number of rotatable bonds is 3. The predicted octanol–water partition coefficient (Wildman–Crippen LogP) is 5.20. The predicted molar refractivity (Wildman–Crippen MR) is 72.5 cm³/mol. The molecule has 0 saturated carbocycles. The molecule has 1 aliphatic rings. The molecule has 2 rings (SSSR count). The molecule has 1 aromatic rings. The number of aryl methyl sites for hydroxylation is 1. The number of ether oxygens (including phenoxy) is 1. The van der Waals surface area contributed by atoms with Gasteiger partial charge in [-0.2, -0.15) is 13.2 Å². The van der Waals surface area contributed by atoms with Gasteiger partial charge in [0.05, 0.1) is 17.8 Å². The van der Waals surface area contributed by atoms with Crippen LogP contribution in [0.4, 0.5) is 13.2 Å². The molecule has 0 aromatic heterocycles. The van der Waals surface area contributed by atoms with Crippen molar-refractivity contribution in [2.24, 2.45) is 0 Å². The summed E-state index contributed by atoms with van der Waals surface area (Å²) < 4.78 is 44.3. The molecule has 0 bridgehead atoms. The summed E-state index contributed by atoms with van der Waals surface area (Å²) in [6.07, 6.45) is -0.683. The smallest absolute Gasteiger partial charge is 0.367 e. The lowest BCUT2D eigenvalue weighted by Gasteiger charge is -2.19. The standard InChI is InChI=1S/C16H19F3O/c1-10-4-5-15(8-10)20-12(3)13-6-11(2)7-14(9-13)16(17,18)19/h6-9,12,15H,4-5H2,1-3H3/t12-,15+/m1/s1. The van der Waals surface area contributed by atoms with Crippen molar-refractivity contribution >= 4 is 0 Å². The Hall–Kier alpha value is -1.29. The summed E-state index contributed by atoms with van der Waals surface area (Å²) in [6.45, 7) is 5.52. The summed E-state index contributed by atoms with van der Waals surface area (Å²) in [4.78, 5) is 0.